The Bertz CT molecular complexity index is 514. The second-order valence-corrected chi connectivity index (χ2v) is 6.77. The summed E-state index contributed by atoms with van der Waals surface area (Å²) in [5.41, 5.74) is 2.91. The fourth-order valence-corrected chi connectivity index (χ4v) is 3.99. The predicted molar refractivity (Wildman–Crippen MR) is 83.5 cm³/mol. The van der Waals surface area contributed by atoms with Gasteiger partial charge in [0, 0.05) is 6.54 Å². The average molecular weight is 287 g/mol. The lowest BCUT2D eigenvalue weighted by Gasteiger charge is -2.39. The third-order valence-electron chi connectivity index (χ3n) is 5.21. The van der Waals surface area contributed by atoms with Crippen molar-refractivity contribution >= 4 is 5.97 Å². The summed E-state index contributed by atoms with van der Waals surface area (Å²) >= 11 is 0. The van der Waals surface area contributed by atoms with Crippen LogP contribution in [0.5, 0.6) is 0 Å². The number of nitrogens with zero attached hydrogens (tertiary/aromatic N) is 1. The molecule has 1 aromatic carbocycles. The van der Waals surface area contributed by atoms with Crippen molar-refractivity contribution in [3.8, 4) is 0 Å². The number of carboxylic acids is 1. The van der Waals surface area contributed by atoms with Gasteiger partial charge in [-0.1, -0.05) is 31.2 Å². The van der Waals surface area contributed by atoms with Crippen LogP contribution in [0.25, 0.3) is 0 Å². The van der Waals surface area contributed by atoms with Gasteiger partial charge in [0.2, 0.25) is 0 Å². The van der Waals surface area contributed by atoms with Gasteiger partial charge in [0.15, 0.2) is 0 Å². The van der Waals surface area contributed by atoms with Crippen LogP contribution >= 0.6 is 0 Å². The Hall–Kier alpha value is -1.35. The van der Waals surface area contributed by atoms with E-state index in [1.54, 1.807) is 0 Å². The molecule has 3 nitrogen and oxygen atoms in total. The molecule has 1 N–H and O–H groups in total. The number of hydrogen-bond acceptors (Lipinski definition) is 2. The first kappa shape index (κ1) is 14.6. The topological polar surface area (TPSA) is 40.5 Å². The minimum Gasteiger partial charge on any atom is -0.480 e. The zero-order valence-corrected chi connectivity index (χ0v) is 12.8. The van der Waals surface area contributed by atoms with Crippen LogP contribution in [0.1, 0.15) is 49.7 Å². The van der Waals surface area contributed by atoms with Gasteiger partial charge in [0.1, 0.15) is 6.04 Å². The zero-order chi connectivity index (χ0) is 14.8. The Morgan fingerprint density at radius 3 is 2.95 bits per heavy atom. The first-order valence-corrected chi connectivity index (χ1v) is 8.20. The quantitative estimate of drug-likeness (QED) is 0.927. The molecule has 0 saturated carbocycles. The normalized spacial score (nSPS) is 29.9. The monoisotopic (exact) mass is 287 g/mol. The standard InChI is InChI=1S/C18H25NO2/c1-13-9-10-19(17(11-13)18(20)21)12-15-7-4-6-14-5-2-3-8-16(14)15/h2-3,5,8,13,15,17H,4,6-7,9-12H2,1H3,(H,20,21). The third kappa shape index (κ3) is 3.13. The molecule has 1 aliphatic heterocycles. The summed E-state index contributed by atoms with van der Waals surface area (Å²) in [6, 6.07) is 8.41. The molecule has 0 radical (unpaired) electrons. The molecular weight excluding hydrogens is 262 g/mol. The maximum absolute atomic E-state index is 11.6. The van der Waals surface area contributed by atoms with Crippen LogP contribution in [0.15, 0.2) is 24.3 Å². The lowest BCUT2D eigenvalue weighted by molar-refractivity contribution is -0.145. The Balaban J connectivity index is 1.75. The van der Waals surface area contributed by atoms with Gasteiger partial charge >= 0.3 is 5.97 Å². The van der Waals surface area contributed by atoms with E-state index in [-0.39, 0.29) is 6.04 Å². The Morgan fingerprint density at radius 1 is 1.33 bits per heavy atom. The summed E-state index contributed by atoms with van der Waals surface area (Å²) in [6.45, 7) is 4.00. The number of fused-ring (bicyclic) bond motifs is 1. The molecule has 1 heterocycles. The number of aryl methyl sites for hydroxylation is 1. The second kappa shape index (κ2) is 6.18. The van der Waals surface area contributed by atoms with Crippen LogP contribution in [0, 0.1) is 5.92 Å². The van der Waals surface area contributed by atoms with Gasteiger partial charge in [0.05, 0.1) is 0 Å². The molecular formula is C18H25NO2. The van der Waals surface area contributed by atoms with E-state index in [9.17, 15) is 9.90 Å². The molecule has 0 amide bonds. The van der Waals surface area contributed by atoms with E-state index < -0.39 is 5.97 Å². The number of piperidine rings is 1. The van der Waals surface area contributed by atoms with Crippen LogP contribution in [-0.2, 0) is 11.2 Å². The Labute approximate surface area is 127 Å². The van der Waals surface area contributed by atoms with Crippen LogP contribution in [0.2, 0.25) is 0 Å². The molecule has 3 atom stereocenters. The number of aliphatic carboxylic acids is 1. The van der Waals surface area contributed by atoms with Crippen molar-refractivity contribution in [1.29, 1.82) is 0 Å². The number of likely N-dealkylation sites (tertiary alicyclic amines) is 1. The highest BCUT2D eigenvalue weighted by Crippen LogP contribution is 2.34. The summed E-state index contributed by atoms with van der Waals surface area (Å²) in [5, 5.41) is 9.51. The summed E-state index contributed by atoms with van der Waals surface area (Å²) in [5.74, 6) is 0.386. The molecule has 1 aromatic rings. The molecule has 3 rings (SSSR count). The van der Waals surface area contributed by atoms with E-state index in [0.717, 1.165) is 25.9 Å². The number of carboxylic acid groups (broad SMARTS) is 1. The highest BCUT2D eigenvalue weighted by atomic mass is 16.4. The summed E-state index contributed by atoms with van der Waals surface area (Å²) in [6.07, 6.45) is 5.51. The third-order valence-corrected chi connectivity index (χ3v) is 5.21. The molecule has 1 aliphatic carbocycles. The molecule has 0 bridgehead atoms. The van der Waals surface area contributed by atoms with E-state index in [2.05, 4.69) is 36.1 Å². The Morgan fingerprint density at radius 2 is 2.14 bits per heavy atom. The Kier molecular flexibility index (Phi) is 4.29. The number of benzene rings is 1. The number of rotatable bonds is 3. The molecule has 3 heteroatoms. The fraction of sp³-hybridized carbons (Fsp3) is 0.611. The van der Waals surface area contributed by atoms with Gasteiger partial charge in [-0.15, -0.1) is 0 Å². The van der Waals surface area contributed by atoms with Crippen molar-refractivity contribution in [2.24, 2.45) is 5.92 Å². The van der Waals surface area contributed by atoms with Crippen molar-refractivity contribution in [3.63, 3.8) is 0 Å². The lowest BCUT2D eigenvalue weighted by Crippen LogP contribution is -2.48. The van der Waals surface area contributed by atoms with Gasteiger partial charge in [-0.05, 0) is 61.6 Å². The van der Waals surface area contributed by atoms with E-state index >= 15 is 0 Å². The molecule has 2 aliphatic rings. The van der Waals surface area contributed by atoms with Gasteiger partial charge < -0.3 is 5.11 Å². The van der Waals surface area contributed by atoms with E-state index in [4.69, 9.17) is 0 Å². The van der Waals surface area contributed by atoms with Gasteiger partial charge in [0.25, 0.3) is 0 Å². The predicted octanol–water partition coefficient (Wildman–Crippen LogP) is 3.29. The fourth-order valence-electron chi connectivity index (χ4n) is 3.99. The van der Waals surface area contributed by atoms with Crippen molar-refractivity contribution in [3.05, 3.63) is 35.4 Å². The molecule has 1 fully saturated rings. The minimum absolute atomic E-state index is 0.289. The van der Waals surface area contributed by atoms with Crippen molar-refractivity contribution < 1.29 is 9.90 Å². The summed E-state index contributed by atoms with van der Waals surface area (Å²) in [7, 11) is 0. The molecule has 0 spiro atoms. The van der Waals surface area contributed by atoms with Gasteiger partial charge in [-0.3, -0.25) is 9.69 Å². The van der Waals surface area contributed by atoms with E-state index in [1.165, 1.54) is 30.4 Å². The first-order chi connectivity index (χ1) is 10.1. The summed E-state index contributed by atoms with van der Waals surface area (Å²) < 4.78 is 0. The van der Waals surface area contributed by atoms with Crippen LogP contribution in [-0.4, -0.2) is 35.1 Å². The van der Waals surface area contributed by atoms with Gasteiger partial charge in [-0.2, -0.15) is 0 Å². The SMILES string of the molecule is CC1CCN(CC2CCCc3ccccc32)C(C(=O)O)C1. The molecule has 1 saturated heterocycles. The van der Waals surface area contributed by atoms with Crippen LogP contribution in [0.4, 0.5) is 0 Å². The zero-order valence-electron chi connectivity index (χ0n) is 12.8. The highest BCUT2D eigenvalue weighted by molar-refractivity contribution is 5.73. The van der Waals surface area contributed by atoms with E-state index in [1.807, 2.05) is 0 Å². The molecule has 0 aromatic heterocycles. The van der Waals surface area contributed by atoms with E-state index in [0.29, 0.717) is 11.8 Å². The van der Waals surface area contributed by atoms with Gasteiger partial charge in [-0.25, -0.2) is 0 Å². The largest absolute Gasteiger partial charge is 0.480 e. The number of carbonyl (C=O) groups is 1. The van der Waals surface area contributed by atoms with Crippen LogP contribution < -0.4 is 0 Å². The molecule has 114 valence electrons. The van der Waals surface area contributed by atoms with Crippen molar-refractivity contribution in [2.75, 3.05) is 13.1 Å². The minimum atomic E-state index is -0.648. The van der Waals surface area contributed by atoms with Crippen molar-refractivity contribution in [1.82, 2.24) is 4.90 Å². The average Bonchev–Trinajstić information content (AvgIpc) is 2.49. The van der Waals surface area contributed by atoms with Crippen LogP contribution in [0.3, 0.4) is 0 Å². The van der Waals surface area contributed by atoms with Crippen molar-refractivity contribution in [2.45, 2.75) is 51.0 Å². The molecule has 3 unspecified atom stereocenters. The first-order valence-electron chi connectivity index (χ1n) is 8.20. The summed E-state index contributed by atoms with van der Waals surface area (Å²) in [4.78, 5) is 13.8. The highest BCUT2D eigenvalue weighted by Gasteiger charge is 2.33. The number of hydrogen-bond donors (Lipinski definition) is 1. The second-order valence-electron chi connectivity index (χ2n) is 6.77. The smallest absolute Gasteiger partial charge is 0.320 e. The lowest BCUT2D eigenvalue weighted by atomic mass is 9.81. The maximum Gasteiger partial charge on any atom is 0.320 e. The molecule has 21 heavy (non-hydrogen) atoms. The maximum atomic E-state index is 11.6.